The highest BCUT2D eigenvalue weighted by molar-refractivity contribution is 6.31. The fourth-order valence-corrected chi connectivity index (χ4v) is 5.60. The number of ether oxygens (including phenoxy) is 1. The van der Waals surface area contributed by atoms with E-state index in [2.05, 4.69) is 5.32 Å². The third-order valence-electron chi connectivity index (χ3n) is 5.82. The molecule has 1 amide bonds. The lowest BCUT2D eigenvalue weighted by Gasteiger charge is -2.56. The highest BCUT2D eigenvalue weighted by atomic mass is 35.5. The number of methoxy groups -OCH3 is 1. The van der Waals surface area contributed by atoms with Crippen molar-refractivity contribution in [1.82, 2.24) is 5.32 Å². The Bertz CT molecular complexity index is 578. The quantitative estimate of drug-likeness (QED) is 0.913. The summed E-state index contributed by atoms with van der Waals surface area (Å²) < 4.78 is 5.32. The summed E-state index contributed by atoms with van der Waals surface area (Å²) >= 11 is 6.06. The molecule has 0 aromatic heterocycles. The van der Waals surface area contributed by atoms with Crippen LogP contribution in [0.25, 0.3) is 0 Å². The summed E-state index contributed by atoms with van der Waals surface area (Å²) in [5.41, 5.74) is 0.560. The van der Waals surface area contributed by atoms with Crippen molar-refractivity contribution in [3.63, 3.8) is 0 Å². The minimum absolute atomic E-state index is 0.0131. The van der Waals surface area contributed by atoms with Crippen molar-refractivity contribution in [2.45, 2.75) is 44.1 Å². The molecule has 4 bridgehead atoms. The second kappa shape index (κ2) is 5.16. The van der Waals surface area contributed by atoms with Crippen LogP contribution >= 0.6 is 11.6 Å². The van der Waals surface area contributed by atoms with Crippen LogP contribution in [0.1, 0.15) is 48.9 Å². The maximum absolute atomic E-state index is 12.8. The van der Waals surface area contributed by atoms with Gasteiger partial charge in [0.25, 0.3) is 5.91 Å². The first-order valence-corrected chi connectivity index (χ1v) is 8.61. The van der Waals surface area contributed by atoms with Crippen LogP contribution in [0.3, 0.4) is 0 Å². The predicted octanol–water partition coefficient (Wildman–Crippen LogP) is 4.05. The van der Waals surface area contributed by atoms with Crippen LogP contribution in [0, 0.1) is 17.8 Å². The van der Waals surface area contributed by atoms with Gasteiger partial charge < -0.3 is 10.1 Å². The Hall–Kier alpha value is -1.22. The average Bonchev–Trinajstić information content (AvgIpc) is 2.45. The molecule has 0 atom stereocenters. The minimum atomic E-state index is -0.0405. The maximum Gasteiger partial charge on any atom is 0.255 e. The van der Waals surface area contributed by atoms with Crippen molar-refractivity contribution >= 4 is 17.5 Å². The highest BCUT2D eigenvalue weighted by Crippen LogP contribution is 2.55. The molecule has 0 unspecified atom stereocenters. The second-order valence-electron chi connectivity index (χ2n) is 7.50. The van der Waals surface area contributed by atoms with Crippen LogP contribution in [-0.2, 0) is 0 Å². The zero-order chi connectivity index (χ0) is 15.3. The Balaban J connectivity index is 1.59. The predicted molar refractivity (Wildman–Crippen MR) is 86.4 cm³/mol. The van der Waals surface area contributed by atoms with E-state index in [1.165, 1.54) is 19.3 Å². The summed E-state index contributed by atoms with van der Waals surface area (Å²) in [6, 6.07) is 5.22. The van der Waals surface area contributed by atoms with E-state index in [0.29, 0.717) is 16.3 Å². The van der Waals surface area contributed by atoms with Crippen molar-refractivity contribution in [1.29, 1.82) is 0 Å². The molecule has 118 valence electrons. The summed E-state index contributed by atoms with van der Waals surface area (Å²) in [7, 11) is 1.59. The lowest BCUT2D eigenvalue weighted by molar-refractivity contribution is -0.0167. The van der Waals surface area contributed by atoms with Gasteiger partial charge in [0.2, 0.25) is 0 Å². The van der Waals surface area contributed by atoms with Crippen LogP contribution in [0.4, 0.5) is 0 Å². The van der Waals surface area contributed by atoms with Crippen molar-refractivity contribution in [3.05, 3.63) is 28.8 Å². The molecule has 4 heteroatoms. The molecule has 5 rings (SSSR count). The van der Waals surface area contributed by atoms with Gasteiger partial charge in [-0.05, 0) is 74.5 Å². The van der Waals surface area contributed by atoms with Gasteiger partial charge in [-0.1, -0.05) is 11.6 Å². The first-order chi connectivity index (χ1) is 10.6. The van der Waals surface area contributed by atoms with E-state index in [1.54, 1.807) is 25.3 Å². The molecule has 1 aromatic rings. The number of rotatable bonds is 3. The van der Waals surface area contributed by atoms with Gasteiger partial charge >= 0.3 is 0 Å². The van der Waals surface area contributed by atoms with Gasteiger partial charge in [0.1, 0.15) is 5.75 Å². The van der Waals surface area contributed by atoms with E-state index in [-0.39, 0.29) is 11.4 Å². The Morgan fingerprint density at radius 3 is 2.32 bits per heavy atom. The molecule has 0 saturated heterocycles. The van der Waals surface area contributed by atoms with Crippen LogP contribution in [0.2, 0.25) is 5.02 Å². The molecule has 0 aliphatic heterocycles. The largest absolute Gasteiger partial charge is 0.496 e. The van der Waals surface area contributed by atoms with Gasteiger partial charge in [0.15, 0.2) is 0 Å². The van der Waals surface area contributed by atoms with E-state index in [0.717, 1.165) is 37.0 Å². The Labute approximate surface area is 136 Å². The SMILES string of the molecule is COc1ccc(Cl)cc1C(=O)NC12CC3CC(CC(C3)C1)C2. The molecule has 1 aromatic carbocycles. The molecule has 4 fully saturated rings. The third-order valence-corrected chi connectivity index (χ3v) is 6.06. The standard InChI is InChI=1S/C18H22ClNO2/c1-22-16-3-2-14(19)7-15(16)17(21)20-18-8-11-4-12(9-18)6-13(5-11)10-18/h2-3,7,11-13H,4-6,8-10H2,1H3,(H,20,21). The fraction of sp³-hybridized carbons (Fsp3) is 0.611. The van der Waals surface area contributed by atoms with Crippen LogP contribution in [-0.4, -0.2) is 18.6 Å². The number of amides is 1. The Kier molecular flexibility index (Phi) is 3.37. The molecular formula is C18H22ClNO2. The molecule has 22 heavy (non-hydrogen) atoms. The lowest BCUT2D eigenvalue weighted by atomic mass is 9.53. The molecule has 3 nitrogen and oxygen atoms in total. The fourth-order valence-electron chi connectivity index (χ4n) is 5.43. The van der Waals surface area contributed by atoms with Crippen molar-refractivity contribution in [3.8, 4) is 5.75 Å². The van der Waals surface area contributed by atoms with E-state index in [9.17, 15) is 4.79 Å². The minimum Gasteiger partial charge on any atom is -0.496 e. The topological polar surface area (TPSA) is 38.3 Å². The first-order valence-electron chi connectivity index (χ1n) is 8.23. The van der Waals surface area contributed by atoms with Gasteiger partial charge in [0.05, 0.1) is 12.7 Å². The molecule has 0 spiro atoms. The smallest absolute Gasteiger partial charge is 0.255 e. The van der Waals surface area contributed by atoms with E-state index < -0.39 is 0 Å². The Morgan fingerprint density at radius 2 is 1.77 bits per heavy atom. The summed E-state index contributed by atoms with van der Waals surface area (Å²) in [4.78, 5) is 12.8. The van der Waals surface area contributed by atoms with Gasteiger partial charge in [-0.3, -0.25) is 4.79 Å². The zero-order valence-electron chi connectivity index (χ0n) is 12.9. The number of carbonyl (C=O) groups excluding carboxylic acids is 1. The van der Waals surface area contributed by atoms with E-state index in [4.69, 9.17) is 16.3 Å². The zero-order valence-corrected chi connectivity index (χ0v) is 13.7. The maximum atomic E-state index is 12.8. The molecule has 4 saturated carbocycles. The normalized spacial score (nSPS) is 35.5. The van der Waals surface area contributed by atoms with Gasteiger partial charge in [-0.2, -0.15) is 0 Å². The number of hydrogen-bond acceptors (Lipinski definition) is 2. The average molecular weight is 320 g/mol. The number of benzene rings is 1. The van der Waals surface area contributed by atoms with Crippen LogP contribution < -0.4 is 10.1 Å². The van der Waals surface area contributed by atoms with Crippen LogP contribution in [0.5, 0.6) is 5.75 Å². The molecule has 4 aliphatic rings. The van der Waals surface area contributed by atoms with Gasteiger partial charge in [-0.25, -0.2) is 0 Å². The molecule has 0 heterocycles. The summed E-state index contributed by atoms with van der Waals surface area (Å²) in [6.45, 7) is 0. The first kappa shape index (κ1) is 14.4. The molecule has 0 radical (unpaired) electrons. The van der Waals surface area contributed by atoms with Crippen molar-refractivity contribution in [2.24, 2.45) is 17.8 Å². The van der Waals surface area contributed by atoms with E-state index >= 15 is 0 Å². The summed E-state index contributed by atoms with van der Waals surface area (Å²) in [5.74, 6) is 2.99. The van der Waals surface area contributed by atoms with E-state index in [1.807, 2.05) is 0 Å². The summed E-state index contributed by atoms with van der Waals surface area (Å²) in [5, 5.41) is 3.93. The van der Waals surface area contributed by atoms with Crippen LogP contribution in [0.15, 0.2) is 18.2 Å². The second-order valence-corrected chi connectivity index (χ2v) is 7.93. The summed E-state index contributed by atoms with van der Waals surface area (Å²) in [6.07, 6.45) is 7.55. The monoisotopic (exact) mass is 319 g/mol. The third kappa shape index (κ3) is 2.40. The Morgan fingerprint density at radius 1 is 1.18 bits per heavy atom. The number of hydrogen-bond donors (Lipinski definition) is 1. The molecular weight excluding hydrogens is 298 g/mol. The molecule has 4 aliphatic carbocycles. The van der Waals surface area contributed by atoms with Crippen molar-refractivity contribution in [2.75, 3.05) is 7.11 Å². The number of carbonyl (C=O) groups is 1. The number of halogens is 1. The number of nitrogens with one attached hydrogen (secondary N) is 1. The lowest BCUT2D eigenvalue weighted by Crippen LogP contribution is -2.59. The molecule has 1 N–H and O–H groups in total. The van der Waals surface area contributed by atoms with Crippen molar-refractivity contribution < 1.29 is 9.53 Å². The van der Waals surface area contributed by atoms with Gasteiger partial charge in [0, 0.05) is 10.6 Å². The highest BCUT2D eigenvalue weighted by Gasteiger charge is 2.51. The van der Waals surface area contributed by atoms with Gasteiger partial charge in [-0.15, -0.1) is 0 Å².